The molecule has 0 saturated heterocycles. The van der Waals surface area contributed by atoms with E-state index < -0.39 is 30.3 Å². The molecule has 28 heavy (non-hydrogen) atoms. The lowest BCUT2D eigenvalue weighted by molar-refractivity contribution is -0.119. The van der Waals surface area contributed by atoms with Gasteiger partial charge in [-0.1, -0.05) is 0 Å². The highest BCUT2D eigenvalue weighted by molar-refractivity contribution is 5.97. The smallest absolute Gasteiger partial charge is 0.338 e. The number of benzene rings is 2. The molecule has 2 aromatic rings. The van der Waals surface area contributed by atoms with Gasteiger partial charge in [0.1, 0.15) is 6.42 Å². The average molecular weight is 380 g/mol. The van der Waals surface area contributed by atoms with E-state index in [4.69, 9.17) is 15.7 Å². The number of ether oxygens (including phenoxy) is 1. The van der Waals surface area contributed by atoms with Crippen molar-refractivity contribution in [1.29, 1.82) is 5.26 Å². The van der Waals surface area contributed by atoms with Crippen molar-refractivity contribution in [1.82, 2.24) is 0 Å². The number of primary amides is 1. The molecular weight excluding hydrogens is 364 g/mol. The van der Waals surface area contributed by atoms with Crippen LogP contribution in [-0.2, 0) is 14.3 Å². The number of nitrogens with two attached hydrogens (primary N) is 1. The number of carbonyl (C=O) groups excluding carboxylic acids is 4. The number of nitrogens with one attached hydrogen (secondary N) is 2. The van der Waals surface area contributed by atoms with Crippen LogP contribution in [0.15, 0.2) is 48.5 Å². The van der Waals surface area contributed by atoms with E-state index in [9.17, 15) is 19.2 Å². The first-order valence-corrected chi connectivity index (χ1v) is 8.02. The first kappa shape index (κ1) is 20.1. The summed E-state index contributed by atoms with van der Waals surface area (Å²) < 4.78 is 4.93. The molecule has 0 aliphatic rings. The Kier molecular flexibility index (Phi) is 6.82. The molecule has 4 N–H and O–H groups in total. The third kappa shape index (κ3) is 5.96. The van der Waals surface area contributed by atoms with Crippen LogP contribution in [0, 0.1) is 11.3 Å². The van der Waals surface area contributed by atoms with Gasteiger partial charge >= 0.3 is 5.97 Å². The Labute approximate surface area is 160 Å². The van der Waals surface area contributed by atoms with Crippen LogP contribution in [0.25, 0.3) is 0 Å². The highest BCUT2D eigenvalue weighted by atomic mass is 16.5. The molecule has 0 aliphatic carbocycles. The normalized spacial score (nSPS) is 9.68. The van der Waals surface area contributed by atoms with Gasteiger partial charge in [-0.05, 0) is 48.5 Å². The van der Waals surface area contributed by atoms with E-state index in [1.807, 2.05) is 0 Å². The quantitative estimate of drug-likeness (QED) is 0.618. The Morgan fingerprint density at radius 2 is 1.36 bits per heavy atom. The number of esters is 1. The maximum atomic E-state index is 12.0. The first-order valence-electron chi connectivity index (χ1n) is 8.02. The van der Waals surface area contributed by atoms with E-state index in [0.29, 0.717) is 16.9 Å². The number of carbonyl (C=O) groups is 4. The van der Waals surface area contributed by atoms with Gasteiger partial charge in [-0.25, -0.2) is 4.79 Å². The summed E-state index contributed by atoms with van der Waals surface area (Å²) in [6, 6.07) is 13.4. The molecule has 0 radical (unpaired) electrons. The Hall–Kier alpha value is -4.19. The molecule has 0 saturated carbocycles. The first-order chi connectivity index (χ1) is 13.4. The van der Waals surface area contributed by atoms with Crippen molar-refractivity contribution in [3.8, 4) is 6.07 Å². The van der Waals surface area contributed by atoms with Gasteiger partial charge in [0.05, 0.1) is 11.6 Å². The van der Waals surface area contributed by atoms with Crippen LogP contribution in [-0.4, -0.2) is 30.3 Å². The Morgan fingerprint density at radius 3 is 1.86 bits per heavy atom. The lowest BCUT2D eigenvalue weighted by Crippen LogP contribution is -2.21. The van der Waals surface area contributed by atoms with E-state index >= 15 is 0 Å². The van der Waals surface area contributed by atoms with Gasteiger partial charge in [0, 0.05) is 16.9 Å². The Morgan fingerprint density at radius 1 is 0.857 bits per heavy atom. The summed E-state index contributed by atoms with van der Waals surface area (Å²) >= 11 is 0. The molecule has 0 heterocycles. The van der Waals surface area contributed by atoms with Crippen LogP contribution >= 0.6 is 0 Å². The highest BCUT2D eigenvalue weighted by Crippen LogP contribution is 2.12. The molecular formula is C19H16N4O5. The van der Waals surface area contributed by atoms with Crippen molar-refractivity contribution in [3.63, 3.8) is 0 Å². The van der Waals surface area contributed by atoms with Crippen LogP contribution in [0.5, 0.6) is 0 Å². The van der Waals surface area contributed by atoms with Crippen LogP contribution < -0.4 is 16.4 Å². The SMILES string of the molecule is N#CCC(=O)Nc1ccc(C(=O)OCC(=O)Nc2ccc(C(N)=O)cc2)cc1. The summed E-state index contributed by atoms with van der Waals surface area (Å²) in [5.74, 6) is -2.31. The fraction of sp³-hybridized carbons (Fsp3) is 0.105. The van der Waals surface area contributed by atoms with Crippen molar-refractivity contribution in [2.24, 2.45) is 5.73 Å². The largest absolute Gasteiger partial charge is 0.452 e. The molecule has 2 aromatic carbocycles. The third-order valence-electron chi connectivity index (χ3n) is 3.43. The maximum Gasteiger partial charge on any atom is 0.338 e. The van der Waals surface area contributed by atoms with Crippen LogP contribution in [0.3, 0.4) is 0 Å². The number of nitrogens with zero attached hydrogens (tertiary/aromatic N) is 1. The zero-order valence-electron chi connectivity index (χ0n) is 14.6. The van der Waals surface area contributed by atoms with E-state index in [0.717, 1.165) is 0 Å². The molecule has 142 valence electrons. The summed E-state index contributed by atoms with van der Waals surface area (Å²) in [5, 5.41) is 13.4. The van der Waals surface area contributed by atoms with Gasteiger partial charge in [-0.15, -0.1) is 0 Å². The lowest BCUT2D eigenvalue weighted by atomic mass is 10.2. The van der Waals surface area contributed by atoms with Gasteiger partial charge in [0.2, 0.25) is 11.8 Å². The summed E-state index contributed by atoms with van der Waals surface area (Å²) in [6.07, 6.45) is -0.274. The van der Waals surface area contributed by atoms with Crippen molar-refractivity contribution in [2.45, 2.75) is 6.42 Å². The van der Waals surface area contributed by atoms with Gasteiger partial charge in [-0.2, -0.15) is 5.26 Å². The lowest BCUT2D eigenvalue weighted by Gasteiger charge is -2.08. The second kappa shape index (κ2) is 9.49. The molecule has 0 fully saturated rings. The summed E-state index contributed by atoms with van der Waals surface area (Å²) in [6.45, 7) is -0.503. The molecule has 0 aliphatic heterocycles. The molecule has 2 rings (SSSR count). The van der Waals surface area contributed by atoms with Gasteiger partial charge in [0.25, 0.3) is 5.91 Å². The second-order valence-electron chi connectivity index (χ2n) is 5.53. The Bertz CT molecular complexity index is 930. The number of hydrogen-bond donors (Lipinski definition) is 3. The summed E-state index contributed by atoms with van der Waals surface area (Å²) in [5.41, 5.74) is 6.47. The number of nitriles is 1. The van der Waals surface area contributed by atoms with Gasteiger partial charge in [0.15, 0.2) is 6.61 Å². The highest BCUT2D eigenvalue weighted by Gasteiger charge is 2.11. The number of anilines is 2. The molecule has 0 aromatic heterocycles. The van der Waals surface area contributed by atoms with Crippen LogP contribution in [0.2, 0.25) is 0 Å². The minimum absolute atomic E-state index is 0.192. The predicted molar refractivity (Wildman–Crippen MR) is 99.2 cm³/mol. The fourth-order valence-corrected chi connectivity index (χ4v) is 2.10. The van der Waals surface area contributed by atoms with Crippen molar-refractivity contribution < 1.29 is 23.9 Å². The molecule has 9 heteroatoms. The number of hydrogen-bond acceptors (Lipinski definition) is 6. The number of rotatable bonds is 7. The molecule has 0 bridgehead atoms. The topological polar surface area (TPSA) is 151 Å². The summed E-state index contributed by atoms with van der Waals surface area (Å²) in [4.78, 5) is 46.1. The number of amides is 3. The fourth-order valence-electron chi connectivity index (χ4n) is 2.10. The van der Waals surface area contributed by atoms with Crippen molar-refractivity contribution >= 4 is 35.1 Å². The molecule has 0 unspecified atom stereocenters. The molecule has 3 amide bonds. The zero-order chi connectivity index (χ0) is 20.5. The van der Waals surface area contributed by atoms with Gasteiger partial charge < -0.3 is 21.1 Å². The third-order valence-corrected chi connectivity index (χ3v) is 3.43. The molecule has 0 spiro atoms. The van der Waals surface area contributed by atoms with Crippen molar-refractivity contribution in [3.05, 3.63) is 59.7 Å². The maximum absolute atomic E-state index is 12.0. The monoisotopic (exact) mass is 380 g/mol. The van der Waals surface area contributed by atoms with E-state index in [2.05, 4.69) is 10.6 Å². The van der Waals surface area contributed by atoms with E-state index in [1.54, 1.807) is 6.07 Å². The van der Waals surface area contributed by atoms with Crippen molar-refractivity contribution in [2.75, 3.05) is 17.2 Å². The van der Waals surface area contributed by atoms with Crippen LogP contribution in [0.1, 0.15) is 27.1 Å². The van der Waals surface area contributed by atoms with Crippen LogP contribution in [0.4, 0.5) is 11.4 Å². The van der Waals surface area contributed by atoms with Gasteiger partial charge in [-0.3, -0.25) is 14.4 Å². The standard InChI is InChI=1S/C19H16N4O5/c20-10-9-16(24)22-14-7-3-13(4-8-14)19(27)28-11-17(25)23-15-5-1-12(2-6-15)18(21)26/h1-8H,9,11H2,(H2,21,26)(H,22,24)(H,23,25). The Balaban J connectivity index is 1.84. The second-order valence-corrected chi connectivity index (χ2v) is 5.53. The summed E-state index contributed by atoms with van der Waals surface area (Å²) in [7, 11) is 0. The zero-order valence-corrected chi connectivity index (χ0v) is 14.6. The predicted octanol–water partition coefficient (Wildman–Crippen LogP) is 1.43. The van der Waals surface area contributed by atoms with E-state index in [1.165, 1.54) is 48.5 Å². The minimum atomic E-state index is -0.714. The van der Waals surface area contributed by atoms with E-state index in [-0.39, 0.29) is 12.0 Å². The minimum Gasteiger partial charge on any atom is -0.452 e. The average Bonchev–Trinajstić information content (AvgIpc) is 2.67. The molecule has 0 atom stereocenters. The molecule has 9 nitrogen and oxygen atoms in total.